The Kier molecular flexibility index (Phi) is 7.81. The Hall–Kier alpha value is -4.73. The van der Waals surface area contributed by atoms with Gasteiger partial charge in [0.2, 0.25) is 0 Å². The molecule has 0 aliphatic rings. The molecule has 0 saturated carbocycles. The summed E-state index contributed by atoms with van der Waals surface area (Å²) in [5.41, 5.74) is 5.74. The summed E-state index contributed by atoms with van der Waals surface area (Å²) >= 11 is 1.69. The number of thiophene rings is 1. The van der Waals surface area contributed by atoms with Crippen LogP contribution in [-0.4, -0.2) is 32.3 Å². The Morgan fingerprint density at radius 2 is 1.56 bits per heavy atom. The average Bonchev–Trinajstić information content (AvgIpc) is 3.38. The van der Waals surface area contributed by atoms with Gasteiger partial charge in [-0.1, -0.05) is 78.9 Å². The summed E-state index contributed by atoms with van der Waals surface area (Å²) in [4.78, 5) is 18.9. The monoisotopic (exact) mass is 529 g/mol. The largest absolute Gasteiger partial charge is 0.427 e. The molecule has 5 aromatic rings. The van der Waals surface area contributed by atoms with E-state index in [1.165, 1.54) is 0 Å². The summed E-state index contributed by atoms with van der Waals surface area (Å²) in [6.45, 7) is 0.447. The van der Waals surface area contributed by atoms with Gasteiger partial charge in [0.05, 0.1) is 17.5 Å². The molecule has 6 heteroatoms. The molecule has 0 amide bonds. The minimum Gasteiger partial charge on any atom is -0.427 e. The van der Waals surface area contributed by atoms with Gasteiger partial charge in [0, 0.05) is 41.2 Å². The SMILES string of the molecule is CN(C)c1cc(-c2ccc3cc(CC(C#N)N=C(c4ccccc4)c4ccccc4)sc3c2)ccc1OC=O. The van der Waals surface area contributed by atoms with E-state index in [4.69, 9.17) is 9.73 Å². The molecule has 0 aliphatic carbocycles. The summed E-state index contributed by atoms with van der Waals surface area (Å²) < 4.78 is 6.28. The second kappa shape index (κ2) is 11.8. The van der Waals surface area contributed by atoms with Gasteiger partial charge in [-0.15, -0.1) is 11.3 Å². The fourth-order valence-electron chi connectivity index (χ4n) is 4.54. The summed E-state index contributed by atoms with van der Waals surface area (Å²) in [5.74, 6) is 0.520. The Balaban J connectivity index is 1.45. The third-order valence-corrected chi connectivity index (χ3v) is 7.56. The molecule has 0 spiro atoms. The molecule has 192 valence electrons. The van der Waals surface area contributed by atoms with E-state index in [2.05, 4.69) is 30.3 Å². The quantitative estimate of drug-likeness (QED) is 0.150. The lowest BCUT2D eigenvalue weighted by Gasteiger charge is -2.17. The number of hydrogen-bond acceptors (Lipinski definition) is 6. The average molecular weight is 530 g/mol. The lowest BCUT2D eigenvalue weighted by Crippen LogP contribution is -2.12. The zero-order valence-electron chi connectivity index (χ0n) is 21.7. The van der Waals surface area contributed by atoms with Crippen molar-refractivity contribution < 1.29 is 9.53 Å². The molecule has 0 aliphatic heterocycles. The number of benzene rings is 4. The van der Waals surface area contributed by atoms with Crippen molar-refractivity contribution >= 4 is 39.3 Å². The van der Waals surface area contributed by atoms with Crippen LogP contribution in [0.1, 0.15) is 16.0 Å². The predicted octanol–water partition coefficient (Wildman–Crippen LogP) is 7.14. The number of fused-ring (bicyclic) bond motifs is 1. The number of nitriles is 1. The molecular weight excluding hydrogens is 502 g/mol. The summed E-state index contributed by atoms with van der Waals surface area (Å²) in [7, 11) is 3.83. The first-order chi connectivity index (χ1) is 19.1. The Labute approximate surface area is 232 Å². The molecule has 0 bridgehead atoms. The van der Waals surface area contributed by atoms with Gasteiger partial charge in [-0.05, 0) is 40.8 Å². The van der Waals surface area contributed by atoms with Crippen LogP contribution in [-0.2, 0) is 11.2 Å². The minimum atomic E-state index is -0.513. The van der Waals surface area contributed by atoms with Gasteiger partial charge in [-0.25, -0.2) is 0 Å². The highest BCUT2D eigenvalue weighted by molar-refractivity contribution is 7.19. The maximum absolute atomic E-state index is 10.9. The molecule has 39 heavy (non-hydrogen) atoms. The molecule has 1 aromatic heterocycles. The maximum atomic E-state index is 10.9. The van der Waals surface area contributed by atoms with E-state index < -0.39 is 6.04 Å². The lowest BCUT2D eigenvalue weighted by atomic mass is 10.0. The molecular formula is C33H27N3O2S. The van der Waals surface area contributed by atoms with Crippen molar-refractivity contribution in [3.63, 3.8) is 0 Å². The van der Waals surface area contributed by atoms with Crippen LogP contribution in [0, 0.1) is 11.3 Å². The zero-order chi connectivity index (χ0) is 27.2. The van der Waals surface area contributed by atoms with Crippen LogP contribution in [0.15, 0.2) is 108 Å². The maximum Gasteiger partial charge on any atom is 0.298 e. The van der Waals surface area contributed by atoms with Crippen LogP contribution >= 0.6 is 11.3 Å². The van der Waals surface area contributed by atoms with Crippen LogP contribution in [0.2, 0.25) is 0 Å². The smallest absolute Gasteiger partial charge is 0.298 e. The minimum absolute atomic E-state index is 0.447. The molecule has 1 unspecified atom stereocenters. The van der Waals surface area contributed by atoms with E-state index >= 15 is 0 Å². The fourth-order valence-corrected chi connectivity index (χ4v) is 5.68. The van der Waals surface area contributed by atoms with Crippen molar-refractivity contribution in [3.8, 4) is 22.9 Å². The number of anilines is 1. The number of ether oxygens (including phenoxy) is 1. The molecule has 0 saturated heterocycles. The summed E-state index contributed by atoms with van der Waals surface area (Å²) in [6, 6.07) is 36.2. The third-order valence-electron chi connectivity index (χ3n) is 6.44. The van der Waals surface area contributed by atoms with Crippen LogP contribution < -0.4 is 9.64 Å². The van der Waals surface area contributed by atoms with Gasteiger partial charge in [0.25, 0.3) is 6.47 Å². The van der Waals surface area contributed by atoms with E-state index in [1.54, 1.807) is 11.3 Å². The highest BCUT2D eigenvalue weighted by Gasteiger charge is 2.15. The van der Waals surface area contributed by atoms with Gasteiger partial charge in [0.15, 0.2) is 5.75 Å². The molecule has 0 radical (unpaired) electrons. The molecule has 0 fully saturated rings. The van der Waals surface area contributed by atoms with E-state index in [9.17, 15) is 10.1 Å². The highest BCUT2D eigenvalue weighted by Crippen LogP contribution is 2.35. The number of nitrogens with zero attached hydrogens (tertiary/aromatic N) is 3. The second-order valence-electron chi connectivity index (χ2n) is 9.32. The van der Waals surface area contributed by atoms with E-state index in [1.807, 2.05) is 97.9 Å². The van der Waals surface area contributed by atoms with Gasteiger partial charge in [0.1, 0.15) is 6.04 Å². The Morgan fingerprint density at radius 1 is 0.923 bits per heavy atom. The molecule has 5 nitrogen and oxygen atoms in total. The zero-order valence-corrected chi connectivity index (χ0v) is 22.6. The summed E-state index contributed by atoms with van der Waals surface area (Å²) in [6.07, 6.45) is 0.539. The third kappa shape index (κ3) is 5.90. The van der Waals surface area contributed by atoms with Crippen molar-refractivity contribution in [3.05, 3.63) is 119 Å². The first-order valence-corrected chi connectivity index (χ1v) is 13.4. The van der Waals surface area contributed by atoms with E-state index in [0.717, 1.165) is 48.6 Å². The lowest BCUT2D eigenvalue weighted by molar-refractivity contribution is -0.120. The van der Waals surface area contributed by atoms with Crippen LogP contribution in [0.5, 0.6) is 5.75 Å². The number of aliphatic imine (C=N–C) groups is 1. The van der Waals surface area contributed by atoms with Crippen LogP contribution in [0.3, 0.4) is 0 Å². The van der Waals surface area contributed by atoms with Crippen molar-refractivity contribution in [2.24, 2.45) is 4.99 Å². The van der Waals surface area contributed by atoms with Crippen molar-refractivity contribution in [2.45, 2.75) is 12.5 Å². The number of carbonyl (C=O) groups is 1. The highest BCUT2D eigenvalue weighted by atomic mass is 32.1. The van der Waals surface area contributed by atoms with E-state index in [0.29, 0.717) is 18.6 Å². The van der Waals surface area contributed by atoms with Gasteiger partial charge >= 0.3 is 0 Å². The topological polar surface area (TPSA) is 65.7 Å². The summed E-state index contributed by atoms with van der Waals surface area (Å²) in [5, 5.41) is 11.2. The standard InChI is InChI=1S/C33H27N3O2S/c1-36(2)30-18-25(15-16-31(30)38-22-37)26-13-14-27-17-29(39-32(27)19-26)20-28(21-34)35-33(23-9-5-3-6-10-23)24-11-7-4-8-12-24/h3-19,22,28H,20H2,1-2H3. The van der Waals surface area contributed by atoms with Crippen molar-refractivity contribution in [1.29, 1.82) is 5.26 Å². The van der Waals surface area contributed by atoms with Gasteiger partial charge in [-0.3, -0.25) is 9.79 Å². The van der Waals surface area contributed by atoms with Crippen molar-refractivity contribution in [1.82, 2.24) is 0 Å². The molecule has 5 rings (SSSR count). The normalized spacial score (nSPS) is 11.4. The molecule has 4 aromatic carbocycles. The fraction of sp³-hybridized carbons (Fsp3) is 0.121. The van der Waals surface area contributed by atoms with E-state index in [-0.39, 0.29) is 0 Å². The van der Waals surface area contributed by atoms with Crippen LogP contribution in [0.4, 0.5) is 5.69 Å². The molecule has 1 heterocycles. The van der Waals surface area contributed by atoms with Gasteiger partial charge in [-0.2, -0.15) is 5.26 Å². The number of rotatable bonds is 9. The number of hydrogen-bond donors (Lipinski definition) is 0. The molecule has 1 atom stereocenters. The first-order valence-electron chi connectivity index (χ1n) is 12.6. The molecule has 0 N–H and O–H groups in total. The van der Waals surface area contributed by atoms with Gasteiger partial charge < -0.3 is 9.64 Å². The second-order valence-corrected chi connectivity index (χ2v) is 10.5. The first kappa shape index (κ1) is 25.9. The predicted molar refractivity (Wildman–Crippen MR) is 160 cm³/mol. The number of carbonyl (C=O) groups excluding carboxylic acids is 1. The van der Waals surface area contributed by atoms with Crippen molar-refractivity contribution in [2.75, 3.05) is 19.0 Å². The van der Waals surface area contributed by atoms with Crippen LogP contribution in [0.25, 0.3) is 21.2 Å². The Morgan fingerprint density at radius 3 is 2.18 bits per heavy atom. The Bertz CT molecular complexity index is 1630.